The van der Waals surface area contributed by atoms with Gasteiger partial charge in [0, 0.05) is 30.8 Å². The number of aliphatic imine (C=N–C) groups is 1. The Labute approximate surface area is 206 Å². The van der Waals surface area contributed by atoms with Gasteiger partial charge in [0.1, 0.15) is 0 Å². The van der Waals surface area contributed by atoms with E-state index in [1.165, 1.54) is 23.1 Å². The molecule has 1 aliphatic heterocycles. The molecule has 0 bridgehead atoms. The summed E-state index contributed by atoms with van der Waals surface area (Å²) in [6.45, 7) is 3.21. The number of anilines is 1. The van der Waals surface area contributed by atoms with Crippen molar-refractivity contribution in [1.29, 1.82) is 0 Å². The van der Waals surface area contributed by atoms with Crippen LogP contribution in [0.2, 0.25) is 0 Å². The van der Waals surface area contributed by atoms with Crippen LogP contribution in [0, 0.1) is 12.8 Å². The number of nitrogens with zero attached hydrogens (tertiary/aromatic N) is 3. The minimum absolute atomic E-state index is 0.00314. The molecule has 1 aromatic heterocycles. The van der Waals surface area contributed by atoms with E-state index in [1.807, 2.05) is 25.9 Å². The Balaban J connectivity index is 1.39. The summed E-state index contributed by atoms with van der Waals surface area (Å²) >= 11 is 2.56. The number of thiazole rings is 1. The number of hydrogen-bond donors (Lipinski definition) is 3. The van der Waals surface area contributed by atoms with Crippen molar-refractivity contribution < 1.29 is 14.4 Å². The first kappa shape index (κ1) is 24.1. The number of amides is 3. The second-order valence-corrected chi connectivity index (χ2v) is 10.5. The third-order valence-corrected chi connectivity index (χ3v) is 6.92. The van der Waals surface area contributed by atoms with Crippen LogP contribution in [0.25, 0.3) is 6.08 Å². The number of aromatic nitrogens is 1. The van der Waals surface area contributed by atoms with E-state index < -0.39 is 0 Å². The molecule has 0 atom stereocenters. The van der Waals surface area contributed by atoms with Gasteiger partial charge in [-0.25, -0.2) is 9.98 Å². The zero-order valence-electron chi connectivity index (χ0n) is 19.2. The molecule has 2 aromatic rings. The fourth-order valence-corrected chi connectivity index (χ4v) is 4.76. The van der Waals surface area contributed by atoms with E-state index in [-0.39, 0.29) is 23.6 Å². The van der Waals surface area contributed by atoms with Crippen LogP contribution in [0.3, 0.4) is 0 Å². The molecule has 0 unspecified atom stereocenters. The van der Waals surface area contributed by atoms with Crippen molar-refractivity contribution >= 4 is 62.9 Å². The Morgan fingerprint density at radius 1 is 1.32 bits per heavy atom. The van der Waals surface area contributed by atoms with Gasteiger partial charge in [-0.3, -0.25) is 14.4 Å². The van der Waals surface area contributed by atoms with E-state index in [2.05, 4.69) is 25.9 Å². The van der Waals surface area contributed by atoms with Gasteiger partial charge in [-0.1, -0.05) is 11.3 Å². The van der Waals surface area contributed by atoms with Crippen molar-refractivity contribution in [2.75, 3.05) is 32.5 Å². The second-order valence-electron chi connectivity index (χ2n) is 8.37. The molecule has 2 heterocycles. The first-order valence-corrected chi connectivity index (χ1v) is 12.5. The maximum atomic E-state index is 12.4. The zero-order valence-corrected chi connectivity index (χ0v) is 20.8. The Hall–Kier alpha value is -3.02. The molecule has 9 nitrogen and oxygen atoms in total. The van der Waals surface area contributed by atoms with Crippen LogP contribution < -0.4 is 16.0 Å². The van der Waals surface area contributed by atoms with Gasteiger partial charge in [-0.2, -0.15) is 0 Å². The molecular formula is C23H26N6O3S2. The largest absolute Gasteiger partial charge is 0.351 e. The first-order chi connectivity index (χ1) is 16.3. The molecule has 1 saturated heterocycles. The number of rotatable bonds is 8. The minimum Gasteiger partial charge on any atom is -0.351 e. The van der Waals surface area contributed by atoms with Gasteiger partial charge < -0.3 is 20.9 Å². The smallest absolute Gasteiger partial charge is 0.264 e. The van der Waals surface area contributed by atoms with Crippen molar-refractivity contribution in [2.24, 2.45) is 10.9 Å². The standard InChI is InChI=1S/C23H26N6O3S2/c1-13-10-15(19(30)24-8-9-29(2)3)6-7-17(13)26-23-28-21(32)18(34-23)11-16-12-25-22(33-16)27-20(31)14-4-5-14/h6-7,10-12,14H,4-5,8-9H2,1-3H3,(H,24,30)(H,25,27,31)(H,26,28,32)/b18-11-. The van der Waals surface area contributed by atoms with Crippen LogP contribution in [0.5, 0.6) is 0 Å². The number of amidine groups is 1. The zero-order chi connectivity index (χ0) is 24.2. The van der Waals surface area contributed by atoms with Crippen molar-refractivity contribution in [3.63, 3.8) is 0 Å². The molecule has 2 aliphatic rings. The lowest BCUT2D eigenvalue weighted by Gasteiger charge is -2.11. The predicted molar refractivity (Wildman–Crippen MR) is 136 cm³/mol. The molecule has 1 aromatic carbocycles. The summed E-state index contributed by atoms with van der Waals surface area (Å²) in [6, 6.07) is 5.29. The minimum atomic E-state index is -0.241. The normalized spacial score (nSPS) is 17.9. The van der Waals surface area contributed by atoms with Crippen molar-refractivity contribution in [3.8, 4) is 0 Å². The molecule has 2 fully saturated rings. The molecule has 4 rings (SSSR count). The third-order valence-electron chi connectivity index (χ3n) is 5.15. The highest BCUT2D eigenvalue weighted by Crippen LogP contribution is 2.33. The molecule has 11 heteroatoms. The van der Waals surface area contributed by atoms with Crippen LogP contribution in [-0.2, 0) is 9.59 Å². The first-order valence-electron chi connectivity index (χ1n) is 10.9. The predicted octanol–water partition coefficient (Wildman–Crippen LogP) is 2.98. The number of nitrogens with one attached hydrogen (secondary N) is 3. The maximum absolute atomic E-state index is 12.4. The summed E-state index contributed by atoms with van der Waals surface area (Å²) in [5.41, 5.74) is 2.08. The molecule has 0 radical (unpaired) electrons. The molecule has 1 saturated carbocycles. The fourth-order valence-electron chi connectivity index (χ4n) is 3.10. The number of likely N-dealkylation sites (N-methyl/N-ethyl adjacent to an activating group) is 1. The van der Waals surface area contributed by atoms with Crippen LogP contribution in [-0.4, -0.2) is 60.0 Å². The highest BCUT2D eigenvalue weighted by atomic mass is 32.2. The van der Waals surface area contributed by atoms with Gasteiger partial charge in [-0.05, 0) is 75.5 Å². The fraction of sp³-hybridized carbons (Fsp3) is 0.348. The van der Waals surface area contributed by atoms with Crippen LogP contribution in [0.4, 0.5) is 10.8 Å². The number of thioether (sulfide) groups is 1. The van der Waals surface area contributed by atoms with Gasteiger partial charge in [0.15, 0.2) is 10.3 Å². The van der Waals surface area contributed by atoms with Crippen molar-refractivity contribution in [3.05, 3.63) is 45.3 Å². The van der Waals surface area contributed by atoms with Gasteiger partial charge >= 0.3 is 0 Å². The Morgan fingerprint density at radius 2 is 2.12 bits per heavy atom. The quantitative estimate of drug-likeness (QED) is 0.482. The summed E-state index contributed by atoms with van der Waals surface area (Å²) in [6.07, 6.45) is 5.23. The van der Waals surface area contributed by atoms with Crippen LogP contribution in [0.15, 0.2) is 34.3 Å². The monoisotopic (exact) mass is 498 g/mol. The van der Waals surface area contributed by atoms with E-state index in [4.69, 9.17) is 0 Å². The van der Waals surface area contributed by atoms with Gasteiger partial charge in [-0.15, -0.1) is 0 Å². The van der Waals surface area contributed by atoms with Crippen molar-refractivity contribution in [1.82, 2.24) is 20.5 Å². The SMILES string of the molecule is Cc1cc(C(=O)NCCN(C)C)ccc1/N=C1/NC(=O)/C(=C/c2cnc(NC(=O)C3CC3)s2)S1. The Morgan fingerprint density at radius 3 is 2.82 bits per heavy atom. The molecule has 34 heavy (non-hydrogen) atoms. The summed E-state index contributed by atoms with van der Waals surface area (Å²) in [5.74, 6) is -0.260. The Kier molecular flexibility index (Phi) is 7.44. The summed E-state index contributed by atoms with van der Waals surface area (Å²) in [4.78, 5) is 48.7. The number of carbonyl (C=O) groups excluding carboxylic acids is 3. The number of benzene rings is 1. The molecule has 1 aliphatic carbocycles. The maximum Gasteiger partial charge on any atom is 0.264 e. The van der Waals surface area contributed by atoms with Gasteiger partial charge in [0.25, 0.3) is 11.8 Å². The average molecular weight is 499 g/mol. The number of aryl methyl sites for hydroxylation is 1. The summed E-state index contributed by atoms with van der Waals surface area (Å²) in [5, 5.41) is 9.48. The van der Waals surface area contributed by atoms with E-state index in [9.17, 15) is 14.4 Å². The lowest BCUT2D eigenvalue weighted by atomic mass is 10.1. The van der Waals surface area contributed by atoms with E-state index in [1.54, 1.807) is 30.5 Å². The number of carbonyl (C=O) groups is 3. The lowest BCUT2D eigenvalue weighted by molar-refractivity contribution is -0.117. The highest BCUT2D eigenvalue weighted by Gasteiger charge is 2.30. The number of hydrogen-bond acceptors (Lipinski definition) is 8. The second kappa shape index (κ2) is 10.5. The molecule has 3 amide bonds. The van der Waals surface area contributed by atoms with Crippen LogP contribution >= 0.6 is 23.1 Å². The average Bonchev–Trinajstić information content (AvgIpc) is 3.46. The van der Waals surface area contributed by atoms with Gasteiger partial charge in [0.2, 0.25) is 5.91 Å². The van der Waals surface area contributed by atoms with Gasteiger partial charge in [0.05, 0.1) is 15.5 Å². The topological polar surface area (TPSA) is 116 Å². The Bertz CT molecular complexity index is 1180. The van der Waals surface area contributed by atoms with E-state index in [0.29, 0.717) is 33.0 Å². The lowest BCUT2D eigenvalue weighted by Crippen LogP contribution is -2.31. The molecule has 0 spiro atoms. The van der Waals surface area contributed by atoms with Crippen LogP contribution in [0.1, 0.15) is 33.6 Å². The highest BCUT2D eigenvalue weighted by molar-refractivity contribution is 8.18. The summed E-state index contributed by atoms with van der Waals surface area (Å²) < 4.78 is 0. The molecular weight excluding hydrogens is 472 g/mol. The summed E-state index contributed by atoms with van der Waals surface area (Å²) in [7, 11) is 3.91. The molecule has 3 N–H and O–H groups in total. The third kappa shape index (κ3) is 6.31. The van der Waals surface area contributed by atoms with E-state index >= 15 is 0 Å². The van der Waals surface area contributed by atoms with Crippen molar-refractivity contribution in [2.45, 2.75) is 19.8 Å². The van der Waals surface area contributed by atoms with E-state index in [0.717, 1.165) is 29.8 Å². The molecule has 178 valence electrons.